The van der Waals surface area contributed by atoms with Crippen molar-refractivity contribution in [3.8, 4) is 11.5 Å². The van der Waals surface area contributed by atoms with Crippen molar-refractivity contribution in [2.45, 2.75) is 38.8 Å². The minimum absolute atomic E-state index is 0.00640. The maximum Gasteiger partial charge on any atom is 0.318 e. The highest BCUT2D eigenvalue weighted by Gasteiger charge is 2.30. The van der Waals surface area contributed by atoms with Crippen LogP contribution in [0.2, 0.25) is 0 Å². The summed E-state index contributed by atoms with van der Waals surface area (Å²) >= 11 is 0. The summed E-state index contributed by atoms with van der Waals surface area (Å²) in [6.07, 6.45) is 2.72. The second kappa shape index (κ2) is 8.09. The summed E-state index contributed by atoms with van der Waals surface area (Å²) in [5.74, 6) is 1.26. The van der Waals surface area contributed by atoms with Crippen LogP contribution in [0.5, 0.6) is 11.5 Å². The van der Waals surface area contributed by atoms with Gasteiger partial charge >= 0.3 is 6.03 Å². The van der Waals surface area contributed by atoms with Gasteiger partial charge in [0.1, 0.15) is 5.82 Å². The molecule has 2 aromatic rings. The van der Waals surface area contributed by atoms with Crippen LogP contribution >= 0.6 is 0 Å². The molecule has 28 heavy (non-hydrogen) atoms. The molecule has 0 aromatic heterocycles. The molecule has 5 nitrogen and oxygen atoms in total. The number of benzene rings is 2. The standard InChI is InChI=1S/C22H25FN2O3/c1-15-5-6-16(12-18(15)23)14-24-22(26)25-9-2-4-19(25)17-7-8-20-21(13-17)28-11-3-10-27-20/h5-8,12-13,19H,2-4,9-11,14H2,1H3,(H,24,26). The molecule has 0 aliphatic carbocycles. The first kappa shape index (κ1) is 18.6. The third kappa shape index (κ3) is 3.91. The number of amides is 2. The summed E-state index contributed by atoms with van der Waals surface area (Å²) in [6.45, 7) is 4.03. The lowest BCUT2D eigenvalue weighted by molar-refractivity contribution is 0.192. The lowest BCUT2D eigenvalue weighted by Gasteiger charge is -2.26. The van der Waals surface area contributed by atoms with Crippen LogP contribution in [0.25, 0.3) is 0 Å². The SMILES string of the molecule is Cc1ccc(CNC(=O)N2CCCC2c2ccc3c(c2)OCCCO3)cc1F. The van der Waals surface area contributed by atoms with Gasteiger partial charge in [0.15, 0.2) is 11.5 Å². The Balaban J connectivity index is 1.44. The zero-order chi connectivity index (χ0) is 19.5. The zero-order valence-electron chi connectivity index (χ0n) is 16.0. The van der Waals surface area contributed by atoms with E-state index in [1.54, 1.807) is 13.0 Å². The Labute approximate surface area is 164 Å². The van der Waals surface area contributed by atoms with E-state index in [1.165, 1.54) is 6.07 Å². The third-order valence-electron chi connectivity index (χ3n) is 5.35. The van der Waals surface area contributed by atoms with Crippen LogP contribution in [0.1, 0.15) is 42.0 Å². The summed E-state index contributed by atoms with van der Waals surface area (Å²) in [5.41, 5.74) is 2.41. The van der Waals surface area contributed by atoms with Gasteiger partial charge in [-0.1, -0.05) is 18.2 Å². The number of carbonyl (C=O) groups is 1. The Kier molecular flexibility index (Phi) is 5.37. The van der Waals surface area contributed by atoms with Crippen LogP contribution in [0.3, 0.4) is 0 Å². The molecule has 1 fully saturated rings. The van der Waals surface area contributed by atoms with E-state index < -0.39 is 0 Å². The average Bonchev–Trinajstić information content (AvgIpc) is 3.07. The van der Waals surface area contributed by atoms with Gasteiger partial charge in [0.25, 0.3) is 0 Å². The molecule has 1 saturated heterocycles. The van der Waals surface area contributed by atoms with Gasteiger partial charge in [-0.25, -0.2) is 9.18 Å². The van der Waals surface area contributed by atoms with Crippen molar-refractivity contribution in [3.63, 3.8) is 0 Å². The minimum atomic E-state index is -0.252. The van der Waals surface area contributed by atoms with E-state index in [4.69, 9.17) is 9.47 Å². The Bertz CT molecular complexity index is 871. The molecule has 0 radical (unpaired) electrons. The summed E-state index contributed by atoms with van der Waals surface area (Å²) in [6, 6.07) is 10.9. The van der Waals surface area contributed by atoms with E-state index in [0.29, 0.717) is 31.9 Å². The van der Waals surface area contributed by atoms with Crippen molar-refractivity contribution in [1.29, 1.82) is 0 Å². The maximum absolute atomic E-state index is 13.7. The number of rotatable bonds is 3. The van der Waals surface area contributed by atoms with Gasteiger partial charge in [0, 0.05) is 19.5 Å². The maximum atomic E-state index is 13.7. The highest BCUT2D eigenvalue weighted by Crippen LogP contribution is 2.37. The molecule has 6 heteroatoms. The molecule has 2 aliphatic heterocycles. The normalized spacial score (nSPS) is 18.6. The van der Waals surface area contributed by atoms with Crippen molar-refractivity contribution in [1.82, 2.24) is 10.2 Å². The number of nitrogens with one attached hydrogen (secondary N) is 1. The summed E-state index contributed by atoms with van der Waals surface area (Å²) in [7, 11) is 0. The van der Waals surface area contributed by atoms with Gasteiger partial charge in [-0.3, -0.25) is 0 Å². The molecule has 2 aromatic carbocycles. The number of aryl methyl sites for hydroxylation is 1. The Morgan fingerprint density at radius 2 is 1.96 bits per heavy atom. The first-order valence-electron chi connectivity index (χ1n) is 9.81. The fourth-order valence-electron chi connectivity index (χ4n) is 3.77. The predicted octanol–water partition coefficient (Wildman–Crippen LogP) is 4.34. The molecular formula is C22H25FN2O3. The van der Waals surface area contributed by atoms with Gasteiger partial charge in [-0.2, -0.15) is 0 Å². The highest BCUT2D eigenvalue weighted by atomic mass is 19.1. The van der Waals surface area contributed by atoms with E-state index >= 15 is 0 Å². The van der Waals surface area contributed by atoms with Crippen molar-refractivity contribution >= 4 is 6.03 Å². The monoisotopic (exact) mass is 384 g/mol. The van der Waals surface area contributed by atoms with E-state index in [0.717, 1.165) is 41.9 Å². The van der Waals surface area contributed by atoms with E-state index in [9.17, 15) is 9.18 Å². The Hall–Kier alpha value is -2.76. The smallest absolute Gasteiger partial charge is 0.318 e. The number of likely N-dealkylation sites (tertiary alicyclic amines) is 1. The largest absolute Gasteiger partial charge is 0.490 e. The summed E-state index contributed by atoms with van der Waals surface area (Å²) in [5, 5.41) is 2.92. The number of hydrogen-bond acceptors (Lipinski definition) is 3. The number of nitrogens with zero attached hydrogens (tertiary/aromatic N) is 1. The van der Waals surface area contributed by atoms with Crippen molar-refractivity contribution in [3.05, 3.63) is 58.9 Å². The number of halogens is 1. The van der Waals surface area contributed by atoms with Gasteiger partial charge < -0.3 is 19.7 Å². The van der Waals surface area contributed by atoms with E-state index in [-0.39, 0.29) is 17.9 Å². The first-order valence-corrected chi connectivity index (χ1v) is 9.81. The van der Waals surface area contributed by atoms with Crippen LogP contribution in [-0.2, 0) is 6.54 Å². The summed E-state index contributed by atoms with van der Waals surface area (Å²) in [4.78, 5) is 14.6. The third-order valence-corrected chi connectivity index (χ3v) is 5.35. The zero-order valence-corrected chi connectivity index (χ0v) is 16.0. The molecule has 1 unspecified atom stereocenters. The summed E-state index contributed by atoms with van der Waals surface area (Å²) < 4.78 is 25.2. The average molecular weight is 384 g/mol. The van der Waals surface area contributed by atoms with Crippen LogP contribution in [0.15, 0.2) is 36.4 Å². The molecule has 2 heterocycles. The fraction of sp³-hybridized carbons (Fsp3) is 0.409. The predicted molar refractivity (Wildman–Crippen MR) is 104 cm³/mol. The molecule has 148 valence electrons. The number of hydrogen-bond donors (Lipinski definition) is 1. The van der Waals surface area contributed by atoms with Gasteiger partial charge in [-0.15, -0.1) is 0 Å². The van der Waals surface area contributed by atoms with Crippen molar-refractivity contribution in [2.75, 3.05) is 19.8 Å². The number of carbonyl (C=O) groups excluding carboxylic acids is 1. The molecule has 2 aliphatic rings. The fourth-order valence-corrected chi connectivity index (χ4v) is 3.77. The van der Waals surface area contributed by atoms with Gasteiger partial charge in [-0.05, 0) is 54.7 Å². The molecule has 2 amide bonds. The highest BCUT2D eigenvalue weighted by molar-refractivity contribution is 5.75. The van der Waals surface area contributed by atoms with Gasteiger partial charge in [0.2, 0.25) is 0 Å². The van der Waals surface area contributed by atoms with E-state index in [1.807, 2.05) is 29.2 Å². The van der Waals surface area contributed by atoms with Crippen molar-refractivity contribution < 1.29 is 18.7 Å². The molecule has 0 saturated carbocycles. The number of fused-ring (bicyclic) bond motifs is 1. The second-order valence-corrected chi connectivity index (χ2v) is 7.35. The van der Waals surface area contributed by atoms with Crippen LogP contribution in [0.4, 0.5) is 9.18 Å². The molecular weight excluding hydrogens is 359 g/mol. The molecule has 0 spiro atoms. The van der Waals surface area contributed by atoms with Crippen LogP contribution < -0.4 is 14.8 Å². The molecule has 1 atom stereocenters. The minimum Gasteiger partial charge on any atom is -0.490 e. The van der Waals surface area contributed by atoms with Crippen molar-refractivity contribution in [2.24, 2.45) is 0 Å². The van der Waals surface area contributed by atoms with E-state index in [2.05, 4.69) is 5.32 Å². The topological polar surface area (TPSA) is 50.8 Å². The van der Waals surface area contributed by atoms with Crippen LogP contribution in [0, 0.1) is 12.7 Å². The Morgan fingerprint density at radius 3 is 2.79 bits per heavy atom. The molecule has 4 rings (SSSR count). The van der Waals surface area contributed by atoms with Crippen LogP contribution in [-0.4, -0.2) is 30.7 Å². The number of urea groups is 1. The first-order chi connectivity index (χ1) is 13.6. The number of ether oxygens (including phenoxy) is 2. The second-order valence-electron chi connectivity index (χ2n) is 7.35. The Morgan fingerprint density at radius 1 is 1.14 bits per heavy atom. The molecule has 1 N–H and O–H groups in total. The quantitative estimate of drug-likeness (QED) is 0.856. The lowest BCUT2D eigenvalue weighted by atomic mass is 10.0. The molecule has 0 bridgehead atoms. The van der Waals surface area contributed by atoms with Gasteiger partial charge in [0.05, 0.1) is 19.3 Å². The lowest BCUT2D eigenvalue weighted by Crippen LogP contribution is -2.39.